The van der Waals surface area contributed by atoms with Crippen LogP contribution in [-0.4, -0.2) is 39.5 Å². The molecule has 5 nitrogen and oxygen atoms in total. The maximum Gasteiger partial charge on any atom is 0.224 e. The van der Waals surface area contributed by atoms with Crippen molar-refractivity contribution < 1.29 is 4.79 Å². The Labute approximate surface area is 120 Å². The number of likely N-dealkylation sites (tertiary alicyclic amines) is 1. The van der Waals surface area contributed by atoms with E-state index in [1.807, 2.05) is 17.4 Å². The van der Waals surface area contributed by atoms with Gasteiger partial charge in [-0.25, -0.2) is 4.98 Å². The number of nitrogens with zero attached hydrogens (tertiary/aromatic N) is 3. The van der Waals surface area contributed by atoms with Crippen molar-refractivity contribution in [2.24, 2.45) is 0 Å². The number of amides is 1. The van der Waals surface area contributed by atoms with Crippen LogP contribution in [0.15, 0.2) is 12.5 Å². The molecular weight excluding hydrogens is 252 g/mol. The molecule has 2 aliphatic rings. The van der Waals surface area contributed by atoms with Crippen molar-refractivity contribution in [2.45, 2.75) is 57.7 Å². The van der Waals surface area contributed by atoms with Crippen LogP contribution in [0.1, 0.15) is 44.2 Å². The standard InChI is InChI=1S/C15H24N4O/c20-15(18-7-2-1-3-8-18)6-9-19-12-16-10-14(19)11-17-13-4-5-13/h10,12-13,17H,1-9,11H2. The van der Waals surface area contributed by atoms with Gasteiger partial charge in [0.15, 0.2) is 0 Å². The topological polar surface area (TPSA) is 50.2 Å². The van der Waals surface area contributed by atoms with Gasteiger partial charge in [0.2, 0.25) is 5.91 Å². The van der Waals surface area contributed by atoms with E-state index in [9.17, 15) is 4.79 Å². The first-order valence-corrected chi connectivity index (χ1v) is 7.83. The summed E-state index contributed by atoms with van der Waals surface area (Å²) in [5, 5.41) is 3.49. The van der Waals surface area contributed by atoms with Gasteiger partial charge in [-0.05, 0) is 32.1 Å². The molecule has 110 valence electrons. The fourth-order valence-corrected chi connectivity index (χ4v) is 2.75. The summed E-state index contributed by atoms with van der Waals surface area (Å²) in [5.41, 5.74) is 1.18. The van der Waals surface area contributed by atoms with Gasteiger partial charge in [0.25, 0.3) is 0 Å². The summed E-state index contributed by atoms with van der Waals surface area (Å²) in [6.07, 6.45) is 10.5. The van der Waals surface area contributed by atoms with Crippen LogP contribution in [0.3, 0.4) is 0 Å². The van der Waals surface area contributed by atoms with Crippen molar-refractivity contribution in [1.82, 2.24) is 19.8 Å². The molecule has 0 aromatic carbocycles. The minimum absolute atomic E-state index is 0.291. The average molecular weight is 276 g/mol. The molecule has 1 aliphatic heterocycles. The highest BCUT2D eigenvalue weighted by Crippen LogP contribution is 2.19. The highest BCUT2D eigenvalue weighted by molar-refractivity contribution is 5.76. The van der Waals surface area contributed by atoms with E-state index in [0.29, 0.717) is 18.4 Å². The first-order chi connectivity index (χ1) is 9.83. The van der Waals surface area contributed by atoms with Crippen molar-refractivity contribution in [2.75, 3.05) is 13.1 Å². The van der Waals surface area contributed by atoms with Crippen molar-refractivity contribution >= 4 is 5.91 Å². The predicted molar refractivity (Wildman–Crippen MR) is 77.1 cm³/mol. The number of nitrogens with one attached hydrogen (secondary N) is 1. The number of carbonyl (C=O) groups is 1. The molecule has 0 atom stereocenters. The molecule has 1 aromatic rings. The molecule has 20 heavy (non-hydrogen) atoms. The average Bonchev–Trinajstić information content (AvgIpc) is 3.22. The molecule has 0 spiro atoms. The highest BCUT2D eigenvalue weighted by Gasteiger charge is 2.21. The van der Waals surface area contributed by atoms with Gasteiger partial charge in [0, 0.05) is 44.8 Å². The van der Waals surface area contributed by atoms with E-state index in [2.05, 4.69) is 14.9 Å². The van der Waals surface area contributed by atoms with E-state index in [4.69, 9.17) is 0 Å². The van der Waals surface area contributed by atoms with Crippen LogP contribution < -0.4 is 5.32 Å². The zero-order chi connectivity index (χ0) is 13.8. The summed E-state index contributed by atoms with van der Waals surface area (Å²) in [6, 6.07) is 0.702. The van der Waals surface area contributed by atoms with E-state index >= 15 is 0 Å². The van der Waals surface area contributed by atoms with E-state index in [1.165, 1.54) is 25.0 Å². The first-order valence-electron chi connectivity index (χ1n) is 7.83. The van der Waals surface area contributed by atoms with Crippen molar-refractivity contribution in [3.8, 4) is 0 Å². The second-order valence-electron chi connectivity index (χ2n) is 5.92. The zero-order valence-corrected chi connectivity index (χ0v) is 12.1. The second kappa shape index (κ2) is 6.39. The Bertz CT molecular complexity index is 446. The Hall–Kier alpha value is -1.36. The van der Waals surface area contributed by atoms with Gasteiger partial charge in [0.1, 0.15) is 0 Å². The number of aromatic nitrogens is 2. The van der Waals surface area contributed by atoms with Gasteiger partial charge in [-0.1, -0.05) is 0 Å². The quantitative estimate of drug-likeness (QED) is 0.857. The molecular formula is C15H24N4O. The van der Waals surface area contributed by atoms with Gasteiger partial charge in [0.05, 0.1) is 12.0 Å². The molecule has 2 heterocycles. The summed E-state index contributed by atoms with van der Waals surface area (Å²) >= 11 is 0. The minimum atomic E-state index is 0.291. The van der Waals surface area contributed by atoms with E-state index < -0.39 is 0 Å². The third-order valence-electron chi connectivity index (χ3n) is 4.22. The third-order valence-corrected chi connectivity index (χ3v) is 4.22. The summed E-state index contributed by atoms with van der Waals surface area (Å²) in [4.78, 5) is 18.4. The van der Waals surface area contributed by atoms with Crippen LogP contribution >= 0.6 is 0 Å². The van der Waals surface area contributed by atoms with Crippen LogP contribution in [0.2, 0.25) is 0 Å². The van der Waals surface area contributed by atoms with Crippen molar-refractivity contribution in [3.05, 3.63) is 18.2 Å². The van der Waals surface area contributed by atoms with Crippen LogP contribution in [0.4, 0.5) is 0 Å². The number of rotatable bonds is 6. The number of imidazole rings is 1. The van der Waals surface area contributed by atoms with Crippen molar-refractivity contribution in [3.63, 3.8) is 0 Å². The lowest BCUT2D eigenvalue weighted by atomic mass is 10.1. The maximum absolute atomic E-state index is 12.2. The van der Waals surface area contributed by atoms with Gasteiger partial charge >= 0.3 is 0 Å². The SMILES string of the molecule is O=C(CCn1cncc1CNC1CC1)N1CCCCC1. The van der Waals surface area contributed by atoms with Crippen LogP contribution in [0.5, 0.6) is 0 Å². The number of carbonyl (C=O) groups excluding carboxylic acids is 1. The fourth-order valence-electron chi connectivity index (χ4n) is 2.75. The van der Waals surface area contributed by atoms with Crippen LogP contribution in [0, 0.1) is 0 Å². The molecule has 3 rings (SSSR count). The summed E-state index contributed by atoms with van der Waals surface area (Å²) in [5.74, 6) is 0.291. The van der Waals surface area contributed by atoms with Gasteiger partial charge < -0.3 is 14.8 Å². The Morgan fingerprint density at radius 2 is 2.10 bits per heavy atom. The highest BCUT2D eigenvalue weighted by atomic mass is 16.2. The molecule has 5 heteroatoms. The molecule has 1 aromatic heterocycles. The molecule has 1 saturated carbocycles. The monoisotopic (exact) mass is 276 g/mol. The molecule has 1 amide bonds. The Morgan fingerprint density at radius 3 is 2.85 bits per heavy atom. The van der Waals surface area contributed by atoms with Gasteiger partial charge in [-0.2, -0.15) is 0 Å². The summed E-state index contributed by atoms with van der Waals surface area (Å²) in [6.45, 7) is 3.50. The minimum Gasteiger partial charge on any atom is -0.343 e. The lowest BCUT2D eigenvalue weighted by Gasteiger charge is -2.26. The molecule has 1 saturated heterocycles. The fraction of sp³-hybridized carbons (Fsp3) is 0.733. The Kier molecular flexibility index (Phi) is 4.35. The molecule has 1 N–H and O–H groups in total. The Balaban J connectivity index is 1.47. The molecule has 0 unspecified atom stereocenters. The van der Waals surface area contributed by atoms with E-state index in [1.54, 1.807) is 0 Å². The zero-order valence-electron chi connectivity index (χ0n) is 12.1. The van der Waals surface area contributed by atoms with Gasteiger partial charge in [-0.3, -0.25) is 4.79 Å². The molecule has 0 bridgehead atoms. The van der Waals surface area contributed by atoms with Crippen LogP contribution in [0.25, 0.3) is 0 Å². The molecule has 1 aliphatic carbocycles. The lowest BCUT2D eigenvalue weighted by molar-refractivity contribution is -0.132. The molecule has 2 fully saturated rings. The summed E-state index contributed by atoms with van der Waals surface area (Å²) in [7, 11) is 0. The first kappa shape index (κ1) is 13.6. The smallest absolute Gasteiger partial charge is 0.224 e. The third kappa shape index (κ3) is 3.60. The number of aryl methyl sites for hydroxylation is 1. The Morgan fingerprint density at radius 1 is 1.30 bits per heavy atom. The number of hydrogen-bond acceptors (Lipinski definition) is 3. The predicted octanol–water partition coefficient (Wildman–Crippen LogP) is 1.54. The number of piperidine rings is 1. The lowest BCUT2D eigenvalue weighted by Crippen LogP contribution is -2.36. The maximum atomic E-state index is 12.2. The summed E-state index contributed by atoms with van der Waals surface area (Å²) < 4.78 is 2.11. The van der Waals surface area contributed by atoms with E-state index in [-0.39, 0.29) is 0 Å². The van der Waals surface area contributed by atoms with Crippen molar-refractivity contribution in [1.29, 1.82) is 0 Å². The molecule has 0 radical (unpaired) electrons. The normalized spacial score (nSPS) is 19.3. The van der Waals surface area contributed by atoms with Crippen LogP contribution in [-0.2, 0) is 17.9 Å². The van der Waals surface area contributed by atoms with Gasteiger partial charge in [-0.15, -0.1) is 0 Å². The van der Waals surface area contributed by atoms with E-state index in [0.717, 1.165) is 39.0 Å². The second-order valence-corrected chi connectivity index (χ2v) is 5.92. The number of hydrogen-bond donors (Lipinski definition) is 1. The largest absolute Gasteiger partial charge is 0.343 e.